The number of hydrogen-bond acceptors (Lipinski definition) is 2. The third kappa shape index (κ3) is 1.44. The average Bonchev–Trinajstić information content (AvgIpc) is 2.50. The number of nitrogens with zero attached hydrogens (tertiary/aromatic N) is 1. The first-order chi connectivity index (χ1) is 6.50. The van der Waals surface area contributed by atoms with E-state index in [-0.39, 0.29) is 5.41 Å². The van der Waals surface area contributed by atoms with Crippen LogP contribution in [0.5, 0.6) is 0 Å². The molecule has 0 aliphatic heterocycles. The topological polar surface area (TPSA) is 12.9 Å². The standard InChI is InChI=1S/C12H15NS/c1-8-5-6-9(12(2,3)4)10-11(8)14-7-13-10/h5-7H,1-4H3. The van der Waals surface area contributed by atoms with Crippen molar-refractivity contribution in [2.75, 3.05) is 0 Å². The largest absolute Gasteiger partial charge is 0.244 e. The average molecular weight is 205 g/mol. The molecular weight excluding hydrogens is 190 g/mol. The van der Waals surface area contributed by atoms with Crippen LogP contribution in [0.1, 0.15) is 31.9 Å². The Balaban J connectivity index is 2.80. The van der Waals surface area contributed by atoms with Gasteiger partial charge in [-0.25, -0.2) is 4.98 Å². The number of hydrogen-bond donors (Lipinski definition) is 0. The van der Waals surface area contributed by atoms with Crippen LogP contribution in [-0.2, 0) is 5.41 Å². The number of aryl methyl sites for hydroxylation is 1. The summed E-state index contributed by atoms with van der Waals surface area (Å²) in [5.74, 6) is 0. The van der Waals surface area contributed by atoms with E-state index in [2.05, 4.69) is 44.8 Å². The minimum absolute atomic E-state index is 0.181. The second-order valence-corrected chi connectivity index (χ2v) is 5.56. The fourth-order valence-electron chi connectivity index (χ4n) is 1.69. The van der Waals surface area contributed by atoms with Crippen molar-refractivity contribution in [1.29, 1.82) is 0 Å². The van der Waals surface area contributed by atoms with E-state index in [1.165, 1.54) is 21.3 Å². The lowest BCUT2D eigenvalue weighted by Gasteiger charge is -2.19. The quantitative estimate of drug-likeness (QED) is 0.635. The van der Waals surface area contributed by atoms with Crippen molar-refractivity contribution in [1.82, 2.24) is 4.98 Å². The van der Waals surface area contributed by atoms with Crippen LogP contribution in [-0.4, -0.2) is 4.98 Å². The first-order valence-corrected chi connectivity index (χ1v) is 5.71. The molecule has 2 aromatic rings. The SMILES string of the molecule is Cc1ccc(C(C)(C)C)c2ncsc12. The van der Waals surface area contributed by atoms with Gasteiger partial charge in [-0.05, 0) is 23.5 Å². The molecule has 0 aliphatic carbocycles. The third-order valence-electron chi connectivity index (χ3n) is 2.49. The highest BCUT2D eigenvalue weighted by molar-refractivity contribution is 7.17. The van der Waals surface area contributed by atoms with E-state index in [9.17, 15) is 0 Å². The third-order valence-corrected chi connectivity index (χ3v) is 3.45. The van der Waals surface area contributed by atoms with Crippen LogP contribution in [0.25, 0.3) is 10.2 Å². The molecule has 0 N–H and O–H groups in total. The number of rotatable bonds is 0. The minimum Gasteiger partial charge on any atom is -0.244 e. The monoisotopic (exact) mass is 205 g/mol. The number of fused-ring (bicyclic) bond motifs is 1. The van der Waals surface area contributed by atoms with Crippen LogP contribution in [0.15, 0.2) is 17.6 Å². The van der Waals surface area contributed by atoms with Crippen molar-refractivity contribution < 1.29 is 0 Å². The van der Waals surface area contributed by atoms with Crippen molar-refractivity contribution in [3.8, 4) is 0 Å². The summed E-state index contributed by atoms with van der Waals surface area (Å²) < 4.78 is 1.33. The van der Waals surface area contributed by atoms with E-state index in [4.69, 9.17) is 0 Å². The fourth-order valence-corrected chi connectivity index (χ4v) is 2.48. The van der Waals surface area contributed by atoms with Gasteiger partial charge in [0.2, 0.25) is 0 Å². The maximum atomic E-state index is 4.46. The second kappa shape index (κ2) is 3.06. The van der Waals surface area contributed by atoms with Crippen LogP contribution in [0, 0.1) is 6.92 Å². The molecule has 2 rings (SSSR count). The summed E-state index contributed by atoms with van der Waals surface area (Å²) in [6.45, 7) is 8.84. The fraction of sp³-hybridized carbons (Fsp3) is 0.417. The molecule has 0 radical (unpaired) electrons. The molecule has 0 atom stereocenters. The Bertz CT molecular complexity index is 463. The van der Waals surface area contributed by atoms with Gasteiger partial charge in [0.1, 0.15) is 0 Å². The first kappa shape index (κ1) is 9.66. The molecule has 1 heterocycles. The van der Waals surface area contributed by atoms with E-state index in [1.54, 1.807) is 11.3 Å². The van der Waals surface area contributed by atoms with E-state index in [1.807, 2.05) is 5.51 Å². The predicted octanol–water partition coefficient (Wildman–Crippen LogP) is 3.90. The van der Waals surface area contributed by atoms with Gasteiger partial charge >= 0.3 is 0 Å². The normalized spacial score (nSPS) is 12.3. The van der Waals surface area contributed by atoms with E-state index in [0.717, 1.165) is 0 Å². The van der Waals surface area contributed by atoms with Gasteiger partial charge in [-0.15, -0.1) is 11.3 Å². The lowest BCUT2D eigenvalue weighted by molar-refractivity contribution is 0.595. The Kier molecular flexibility index (Phi) is 2.11. The van der Waals surface area contributed by atoms with E-state index in [0.29, 0.717) is 0 Å². The van der Waals surface area contributed by atoms with Crippen molar-refractivity contribution >= 4 is 21.6 Å². The van der Waals surface area contributed by atoms with Gasteiger partial charge < -0.3 is 0 Å². The van der Waals surface area contributed by atoms with Crippen molar-refractivity contribution in [2.45, 2.75) is 33.1 Å². The predicted molar refractivity (Wildman–Crippen MR) is 63.1 cm³/mol. The van der Waals surface area contributed by atoms with Gasteiger partial charge in [-0.1, -0.05) is 32.9 Å². The van der Waals surface area contributed by atoms with Crippen LogP contribution < -0.4 is 0 Å². The zero-order valence-electron chi connectivity index (χ0n) is 9.09. The summed E-state index contributed by atoms with van der Waals surface area (Å²) in [5.41, 5.74) is 5.98. The first-order valence-electron chi connectivity index (χ1n) is 4.83. The van der Waals surface area contributed by atoms with Crippen molar-refractivity contribution in [3.63, 3.8) is 0 Å². The summed E-state index contributed by atoms with van der Waals surface area (Å²) in [6.07, 6.45) is 0. The molecule has 0 aliphatic rings. The van der Waals surface area contributed by atoms with Gasteiger partial charge in [0.15, 0.2) is 0 Å². The minimum atomic E-state index is 0.181. The number of benzene rings is 1. The molecular formula is C12H15NS. The van der Waals surface area contributed by atoms with Gasteiger partial charge in [-0.2, -0.15) is 0 Å². The van der Waals surface area contributed by atoms with Gasteiger partial charge in [-0.3, -0.25) is 0 Å². The molecule has 0 spiro atoms. The summed E-state index contributed by atoms with van der Waals surface area (Å²) in [5, 5.41) is 0. The second-order valence-electron chi connectivity index (χ2n) is 4.71. The van der Waals surface area contributed by atoms with Gasteiger partial charge in [0.25, 0.3) is 0 Å². The van der Waals surface area contributed by atoms with Crippen molar-refractivity contribution in [2.24, 2.45) is 0 Å². The molecule has 2 heteroatoms. The number of aromatic nitrogens is 1. The lowest BCUT2D eigenvalue weighted by atomic mass is 9.86. The van der Waals surface area contributed by atoms with E-state index >= 15 is 0 Å². The molecule has 1 aromatic heterocycles. The molecule has 0 saturated carbocycles. The van der Waals surface area contributed by atoms with Crippen LogP contribution in [0.2, 0.25) is 0 Å². The maximum Gasteiger partial charge on any atom is 0.0851 e. The molecule has 1 aromatic carbocycles. The Morgan fingerprint density at radius 2 is 1.93 bits per heavy atom. The smallest absolute Gasteiger partial charge is 0.0851 e. The summed E-state index contributed by atoms with van der Waals surface area (Å²) >= 11 is 1.73. The molecule has 1 nitrogen and oxygen atoms in total. The van der Waals surface area contributed by atoms with Crippen LogP contribution >= 0.6 is 11.3 Å². The van der Waals surface area contributed by atoms with Crippen LogP contribution in [0.4, 0.5) is 0 Å². The zero-order chi connectivity index (χ0) is 10.3. The molecule has 0 bridgehead atoms. The molecule has 74 valence electrons. The van der Waals surface area contributed by atoms with Gasteiger partial charge in [0.05, 0.1) is 15.7 Å². The molecule has 0 saturated heterocycles. The molecule has 14 heavy (non-hydrogen) atoms. The van der Waals surface area contributed by atoms with Crippen molar-refractivity contribution in [3.05, 3.63) is 28.8 Å². The summed E-state index contributed by atoms with van der Waals surface area (Å²) in [7, 11) is 0. The Morgan fingerprint density at radius 3 is 2.57 bits per heavy atom. The highest BCUT2D eigenvalue weighted by Gasteiger charge is 2.18. The Morgan fingerprint density at radius 1 is 1.21 bits per heavy atom. The summed E-state index contributed by atoms with van der Waals surface area (Å²) in [4.78, 5) is 4.46. The Labute approximate surface area is 88.8 Å². The highest BCUT2D eigenvalue weighted by atomic mass is 32.1. The maximum absolute atomic E-state index is 4.46. The molecule has 0 fully saturated rings. The van der Waals surface area contributed by atoms with E-state index < -0.39 is 0 Å². The van der Waals surface area contributed by atoms with Gasteiger partial charge in [0, 0.05) is 0 Å². The molecule has 0 amide bonds. The Hall–Kier alpha value is -0.890. The highest BCUT2D eigenvalue weighted by Crippen LogP contribution is 2.32. The zero-order valence-corrected chi connectivity index (χ0v) is 9.90. The molecule has 0 unspecified atom stereocenters. The lowest BCUT2D eigenvalue weighted by Crippen LogP contribution is -2.11. The summed E-state index contributed by atoms with van der Waals surface area (Å²) in [6, 6.07) is 4.40. The number of thiazole rings is 1. The van der Waals surface area contributed by atoms with Crippen LogP contribution in [0.3, 0.4) is 0 Å².